The average Bonchev–Trinajstić information content (AvgIpc) is 2.25. The molecular weight excluding hydrogens is 190 g/mol. The first-order valence-electron chi connectivity index (χ1n) is 4.91. The maximum absolute atomic E-state index is 8.94. The van der Waals surface area contributed by atoms with Crippen LogP contribution in [0.1, 0.15) is 23.1 Å². The number of rotatable bonds is 4. The number of aliphatic hydroxyl groups is 1. The maximum Gasteiger partial charge on any atom is 0.139 e. The standard InChI is InChI=1S/C12H15NO2/c1-9-6-10(4-3-5-14)7-11(8-13)12(9)15-2/h6-7,14H,3-5H2,1-2H3. The highest BCUT2D eigenvalue weighted by atomic mass is 16.5. The van der Waals surface area contributed by atoms with Crippen LogP contribution in [-0.4, -0.2) is 18.8 Å². The highest BCUT2D eigenvalue weighted by molar-refractivity contribution is 5.50. The molecule has 3 heteroatoms. The van der Waals surface area contributed by atoms with E-state index in [0.29, 0.717) is 11.3 Å². The first-order valence-corrected chi connectivity index (χ1v) is 4.91. The molecule has 0 bridgehead atoms. The van der Waals surface area contributed by atoms with Crippen molar-refractivity contribution in [3.05, 3.63) is 28.8 Å². The molecule has 0 aliphatic rings. The Kier molecular flexibility index (Phi) is 4.14. The van der Waals surface area contributed by atoms with Crippen LogP contribution in [0.4, 0.5) is 0 Å². The van der Waals surface area contributed by atoms with Crippen molar-refractivity contribution in [1.82, 2.24) is 0 Å². The van der Waals surface area contributed by atoms with E-state index in [4.69, 9.17) is 15.1 Å². The van der Waals surface area contributed by atoms with Gasteiger partial charge in [0.2, 0.25) is 0 Å². The average molecular weight is 205 g/mol. The number of methoxy groups -OCH3 is 1. The van der Waals surface area contributed by atoms with Gasteiger partial charge in [0.05, 0.1) is 12.7 Å². The first-order chi connectivity index (χ1) is 7.22. The lowest BCUT2D eigenvalue weighted by molar-refractivity contribution is 0.288. The van der Waals surface area contributed by atoms with Gasteiger partial charge >= 0.3 is 0 Å². The Labute approximate surface area is 89.9 Å². The summed E-state index contributed by atoms with van der Waals surface area (Å²) in [7, 11) is 1.57. The number of aryl methyl sites for hydroxylation is 2. The predicted molar refractivity (Wildman–Crippen MR) is 57.9 cm³/mol. The summed E-state index contributed by atoms with van der Waals surface area (Å²) in [5.74, 6) is 0.644. The number of aliphatic hydroxyl groups excluding tert-OH is 1. The van der Waals surface area contributed by atoms with Gasteiger partial charge in [-0.2, -0.15) is 5.26 Å². The molecule has 0 spiro atoms. The van der Waals surface area contributed by atoms with Crippen LogP contribution in [-0.2, 0) is 6.42 Å². The van der Waals surface area contributed by atoms with Crippen molar-refractivity contribution in [2.24, 2.45) is 0 Å². The fourth-order valence-corrected chi connectivity index (χ4v) is 1.63. The number of benzene rings is 1. The van der Waals surface area contributed by atoms with Gasteiger partial charge in [-0.25, -0.2) is 0 Å². The molecule has 0 aliphatic carbocycles. The second-order valence-electron chi connectivity index (χ2n) is 3.43. The van der Waals surface area contributed by atoms with E-state index < -0.39 is 0 Å². The molecule has 0 aromatic heterocycles. The molecule has 0 heterocycles. The topological polar surface area (TPSA) is 53.2 Å². The molecule has 1 rings (SSSR count). The van der Waals surface area contributed by atoms with Crippen molar-refractivity contribution in [2.75, 3.05) is 13.7 Å². The lowest BCUT2D eigenvalue weighted by Gasteiger charge is -2.09. The third-order valence-corrected chi connectivity index (χ3v) is 2.28. The number of nitriles is 1. The summed E-state index contributed by atoms with van der Waals surface area (Å²) in [5.41, 5.74) is 2.59. The van der Waals surface area contributed by atoms with Crippen molar-refractivity contribution < 1.29 is 9.84 Å². The van der Waals surface area contributed by atoms with E-state index in [0.717, 1.165) is 24.0 Å². The summed E-state index contributed by atoms with van der Waals surface area (Å²) in [6, 6.07) is 5.93. The molecule has 1 aromatic carbocycles. The predicted octanol–water partition coefficient (Wildman–Crippen LogP) is 1.80. The van der Waals surface area contributed by atoms with Gasteiger partial charge in [-0.3, -0.25) is 0 Å². The second-order valence-corrected chi connectivity index (χ2v) is 3.43. The van der Waals surface area contributed by atoms with E-state index in [1.165, 1.54) is 0 Å². The number of nitrogens with zero attached hydrogens (tertiary/aromatic N) is 1. The van der Waals surface area contributed by atoms with E-state index in [-0.39, 0.29) is 6.61 Å². The van der Waals surface area contributed by atoms with Gasteiger partial charge in [0.1, 0.15) is 11.8 Å². The quantitative estimate of drug-likeness (QED) is 0.815. The van der Waals surface area contributed by atoms with Crippen LogP contribution in [0.2, 0.25) is 0 Å². The molecule has 15 heavy (non-hydrogen) atoms. The summed E-state index contributed by atoms with van der Waals surface area (Å²) in [4.78, 5) is 0. The van der Waals surface area contributed by atoms with Crippen molar-refractivity contribution in [3.63, 3.8) is 0 Å². The van der Waals surface area contributed by atoms with Gasteiger partial charge in [0, 0.05) is 6.61 Å². The van der Waals surface area contributed by atoms with Gasteiger partial charge in [-0.15, -0.1) is 0 Å². The van der Waals surface area contributed by atoms with Gasteiger partial charge in [-0.1, -0.05) is 6.07 Å². The SMILES string of the molecule is COc1c(C)cc(CCCO)cc1C#N. The van der Waals surface area contributed by atoms with Crippen LogP contribution in [0.5, 0.6) is 5.75 Å². The zero-order chi connectivity index (χ0) is 11.3. The molecule has 0 saturated heterocycles. The van der Waals surface area contributed by atoms with Crippen LogP contribution in [0.15, 0.2) is 12.1 Å². The molecule has 0 radical (unpaired) electrons. The summed E-state index contributed by atoms with van der Waals surface area (Å²) in [6.45, 7) is 2.09. The zero-order valence-electron chi connectivity index (χ0n) is 9.08. The third kappa shape index (κ3) is 2.71. The number of ether oxygens (including phenoxy) is 1. The Balaban J connectivity index is 3.04. The Morgan fingerprint density at radius 1 is 1.47 bits per heavy atom. The highest BCUT2D eigenvalue weighted by Crippen LogP contribution is 2.24. The van der Waals surface area contributed by atoms with Crippen molar-refractivity contribution in [2.45, 2.75) is 19.8 Å². The van der Waals surface area contributed by atoms with Crippen molar-refractivity contribution in [3.8, 4) is 11.8 Å². The van der Waals surface area contributed by atoms with Crippen molar-refractivity contribution in [1.29, 1.82) is 5.26 Å². The van der Waals surface area contributed by atoms with Gasteiger partial charge in [0.25, 0.3) is 0 Å². The Morgan fingerprint density at radius 2 is 2.20 bits per heavy atom. The molecule has 0 aliphatic heterocycles. The highest BCUT2D eigenvalue weighted by Gasteiger charge is 2.07. The maximum atomic E-state index is 8.94. The van der Waals surface area contributed by atoms with E-state index in [2.05, 4.69) is 6.07 Å². The minimum atomic E-state index is 0.174. The van der Waals surface area contributed by atoms with Gasteiger partial charge < -0.3 is 9.84 Å². The van der Waals surface area contributed by atoms with Crippen LogP contribution >= 0.6 is 0 Å². The molecular formula is C12H15NO2. The first kappa shape index (κ1) is 11.5. The van der Waals surface area contributed by atoms with E-state index in [9.17, 15) is 0 Å². The molecule has 0 saturated carbocycles. The minimum Gasteiger partial charge on any atom is -0.495 e. The Hall–Kier alpha value is -1.53. The monoisotopic (exact) mass is 205 g/mol. The molecule has 3 nitrogen and oxygen atoms in total. The largest absolute Gasteiger partial charge is 0.495 e. The Bertz CT molecular complexity index is 380. The summed E-state index contributed by atoms with van der Waals surface area (Å²) >= 11 is 0. The third-order valence-electron chi connectivity index (χ3n) is 2.28. The van der Waals surface area contributed by atoms with Crippen LogP contribution in [0, 0.1) is 18.3 Å². The number of hydrogen-bond acceptors (Lipinski definition) is 3. The molecule has 0 fully saturated rings. The molecule has 80 valence electrons. The molecule has 0 atom stereocenters. The normalized spacial score (nSPS) is 9.73. The van der Waals surface area contributed by atoms with E-state index >= 15 is 0 Å². The summed E-state index contributed by atoms with van der Waals surface area (Å²) < 4.78 is 5.15. The molecule has 0 unspecified atom stereocenters. The van der Waals surface area contributed by atoms with Crippen LogP contribution in [0.3, 0.4) is 0 Å². The summed E-state index contributed by atoms with van der Waals surface area (Å²) in [6.07, 6.45) is 1.51. The lowest BCUT2D eigenvalue weighted by Crippen LogP contribution is -1.96. The van der Waals surface area contributed by atoms with Gasteiger partial charge in [0.15, 0.2) is 0 Å². The zero-order valence-corrected chi connectivity index (χ0v) is 9.08. The fourth-order valence-electron chi connectivity index (χ4n) is 1.63. The minimum absolute atomic E-state index is 0.174. The second kappa shape index (κ2) is 5.38. The van der Waals surface area contributed by atoms with E-state index in [1.807, 2.05) is 19.1 Å². The van der Waals surface area contributed by atoms with Crippen LogP contribution < -0.4 is 4.74 Å². The van der Waals surface area contributed by atoms with Crippen LogP contribution in [0.25, 0.3) is 0 Å². The Morgan fingerprint density at radius 3 is 2.73 bits per heavy atom. The fraction of sp³-hybridized carbons (Fsp3) is 0.417. The number of hydrogen-bond donors (Lipinski definition) is 1. The summed E-state index contributed by atoms with van der Waals surface area (Å²) in [5, 5.41) is 17.7. The van der Waals surface area contributed by atoms with Crippen molar-refractivity contribution >= 4 is 0 Å². The lowest BCUT2D eigenvalue weighted by atomic mass is 10.0. The molecule has 1 aromatic rings. The molecule has 1 N–H and O–H groups in total. The smallest absolute Gasteiger partial charge is 0.139 e. The van der Waals surface area contributed by atoms with Gasteiger partial charge in [-0.05, 0) is 37.0 Å². The molecule has 0 amide bonds. The van der Waals surface area contributed by atoms with E-state index in [1.54, 1.807) is 7.11 Å².